The van der Waals surface area contributed by atoms with E-state index in [-0.39, 0.29) is 12.6 Å². The van der Waals surface area contributed by atoms with Crippen LogP contribution in [0.15, 0.2) is 36.8 Å². The molecule has 2 unspecified atom stereocenters. The number of rotatable bonds is 7. The van der Waals surface area contributed by atoms with Gasteiger partial charge >= 0.3 is 7.60 Å². The van der Waals surface area contributed by atoms with Crippen molar-refractivity contribution in [1.82, 2.24) is 19.6 Å². The number of hydrogen-bond acceptors (Lipinski definition) is 9. The molecule has 1 aromatic carbocycles. The molecule has 3 aromatic rings. The lowest BCUT2D eigenvalue weighted by atomic mass is 10.1. The summed E-state index contributed by atoms with van der Waals surface area (Å²) in [7, 11) is -4.35. The van der Waals surface area contributed by atoms with Gasteiger partial charge in [-0.3, -0.25) is 4.57 Å². The van der Waals surface area contributed by atoms with Crippen LogP contribution >= 0.6 is 7.60 Å². The number of nitrogens with zero attached hydrogens (tertiary/aromatic N) is 4. The van der Waals surface area contributed by atoms with Crippen LogP contribution < -0.4 is 5.32 Å². The van der Waals surface area contributed by atoms with Crippen molar-refractivity contribution in [1.29, 1.82) is 0 Å². The van der Waals surface area contributed by atoms with E-state index < -0.39 is 38.4 Å². The molecule has 0 bridgehead atoms. The minimum absolute atomic E-state index is 0.0887. The van der Waals surface area contributed by atoms with Crippen molar-refractivity contribution in [3.63, 3.8) is 0 Å². The number of aliphatic hydroxyl groups is 2. The smallest absolute Gasteiger partial charge is 0.350 e. The van der Waals surface area contributed by atoms with Crippen molar-refractivity contribution in [3.05, 3.63) is 53.6 Å². The minimum Gasteiger partial charge on any atom is -0.387 e. The van der Waals surface area contributed by atoms with Crippen LogP contribution in [0.1, 0.15) is 35.4 Å². The van der Waals surface area contributed by atoms with E-state index in [0.29, 0.717) is 17.2 Å². The van der Waals surface area contributed by atoms with E-state index in [9.17, 15) is 14.8 Å². The SMILES string of the molecule is O=P(O)(O)COC[C@H]1OC(c2cnc3c(NC4CCc5ccccc54)ncnn23)[C@H](O)[C@@H]1O. The topological polar surface area (TPSA) is 172 Å². The Hall–Kier alpha value is -2.44. The van der Waals surface area contributed by atoms with Gasteiger partial charge in [0.25, 0.3) is 0 Å². The second kappa shape index (κ2) is 8.73. The molecule has 2 aromatic heterocycles. The number of ether oxygens (including phenoxy) is 2. The van der Waals surface area contributed by atoms with Gasteiger partial charge in [0, 0.05) is 0 Å². The zero-order valence-corrected chi connectivity index (χ0v) is 18.3. The van der Waals surface area contributed by atoms with Crippen molar-refractivity contribution in [2.45, 2.75) is 43.3 Å². The summed E-state index contributed by atoms with van der Waals surface area (Å²) in [5.74, 6) is 0.535. The Labute approximate surface area is 188 Å². The highest BCUT2D eigenvalue weighted by Gasteiger charge is 2.45. The Morgan fingerprint density at radius 1 is 1.21 bits per heavy atom. The molecule has 1 fully saturated rings. The molecule has 0 spiro atoms. The van der Waals surface area contributed by atoms with E-state index >= 15 is 0 Å². The summed E-state index contributed by atoms with van der Waals surface area (Å²) in [5, 5.41) is 28.6. The zero-order valence-electron chi connectivity index (χ0n) is 17.4. The molecular formula is C20H24N5O7P. The molecule has 3 heterocycles. The fraction of sp³-hybridized carbons (Fsp3) is 0.450. The van der Waals surface area contributed by atoms with Crippen LogP contribution in [0.3, 0.4) is 0 Å². The van der Waals surface area contributed by atoms with E-state index in [4.69, 9.17) is 19.3 Å². The monoisotopic (exact) mass is 477 g/mol. The number of anilines is 1. The Morgan fingerprint density at radius 2 is 2.03 bits per heavy atom. The first-order valence-electron chi connectivity index (χ1n) is 10.5. The molecule has 0 radical (unpaired) electrons. The van der Waals surface area contributed by atoms with Gasteiger partial charge < -0.3 is 34.8 Å². The van der Waals surface area contributed by atoms with Crippen molar-refractivity contribution in [2.24, 2.45) is 0 Å². The third kappa shape index (κ3) is 4.38. The Kier molecular flexibility index (Phi) is 5.91. The highest BCUT2D eigenvalue weighted by atomic mass is 31.2. The van der Waals surface area contributed by atoms with Crippen LogP contribution in [-0.2, 0) is 20.5 Å². The van der Waals surface area contributed by atoms with Gasteiger partial charge in [0.2, 0.25) is 0 Å². The lowest BCUT2D eigenvalue weighted by Gasteiger charge is -2.16. The molecule has 1 aliphatic heterocycles. The molecule has 1 aliphatic carbocycles. The molecule has 5 rings (SSSR count). The molecule has 0 saturated carbocycles. The fourth-order valence-corrected chi connectivity index (χ4v) is 4.76. The van der Waals surface area contributed by atoms with Gasteiger partial charge in [-0.05, 0) is 24.0 Å². The highest BCUT2D eigenvalue weighted by molar-refractivity contribution is 7.51. The standard InChI is InChI=1S/C20H24N5O7P/c26-16-15(8-31-10-33(28,29)30)32-18(17(16)27)14-7-21-20-19(22-9-23-25(14)20)24-13-6-5-11-3-1-2-4-12(11)13/h1-4,7,9,13,15-18,26-27H,5-6,8,10H2,(H,22,23,24)(H2,28,29,30)/t13?,15-,16-,17-,18?/m1/s1. The number of benzene rings is 1. The van der Waals surface area contributed by atoms with Crippen LogP contribution in [0.5, 0.6) is 0 Å². The highest BCUT2D eigenvalue weighted by Crippen LogP contribution is 2.38. The molecular weight excluding hydrogens is 453 g/mol. The van der Waals surface area contributed by atoms with Crippen LogP contribution in [0, 0.1) is 0 Å². The summed E-state index contributed by atoms with van der Waals surface area (Å²) in [6.45, 7) is -0.292. The third-order valence-corrected chi connectivity index (χ3v) is 6.49. The van der Waals surface area contributed by atoms with Gasteiger partial charge in [-0.2, -0.15) is 5.10 Å². The van der Waals surface area contributed by atoms with Crippen LogP contribution in [-0.4, -0.2) is 70.8 Å². The molecule has 33 heavy (non-hydrogen) atoms. The van der Waals surface area contributed by atoms with Crippen LogP contribution in [0.25, 0.3) is 5.65 Å². The van der Waals surface area contributed by atoms with Crippen molar-refractivity contribution >= 4 is 19.1 Å². The number of fused-ring (bicyclic) bond motifs is 2. The Bertz CT molecular complexity index is 1200. The van der Waals surface area contributed by atoms with E-state index in [1.165, 1.54) is 28.2 Å². The Balaban J connectivity index is 1.35. The lowest BCUT2D eigenvalue weighted by molar-refractivity contribution is -0.0402. The van der Waals surface area contributed by atoms with E-state index in [0.717, 1.165) is 12.8 Å². The summed E-state index contributed by atoms with van der Waals surface area (Å²) in [6, 6.07) is 8.33. The Morgan fingerprint density at radius 3 is 2.85 bits per heavy atom. The maximum absolute atomic E-state index is 11.0. The van der Waals surface area contributed by atoms with Gasteiger partial charge in [0.05, 0.1) is 24.5 Å². The fourth-order valence-electron chi connectivity index (χ4n) is 4.42. The summed E-state index contributed by atoms with van der Waals surface area (Å²) >= 11 is 0. The summed E-state index contributed by atoms with van der Waals surface area (Å²) < 4.78 is 23.2. The lowest BCUT2D eigenvalue weighted by Crippen LogP contribution is -2.33. The van der Waals surface area contributed by atoms with Crippen LogP contribution in [0.4, 0.5) is 5.82 Å². The number of nitrogens with one attached hydrogen (secondary N) is 1. The third-order valence-electron chi connectivity index (χ3n) is 5.97. The average Bonchev–Trinajstić information content (AvgIpc) is 3.46. The number of aryl methyl sites for hydroxylation is 1. The van der Waals surface area contributed by atoms with E-state index in [1.54, 1.807) is 0 Å². The summed E-state index contributed by atoms with van der Waals surface area (Å²) in [6.07, 6.45) is -0.589. The first-order chi connectivity index (χ1) is 15.8. The number of aromatic nitrogens is 4. The first-order valence-corrected chi connectivity index (χ1v) is 12.3. The largest absolute Gasteiger partial charge is 0.387 e. The maximum atomic E-state index is 11.0. The number of aliphatic hydroxyl groups excluding tert-OH is 2. The van der Waals surface area contributed by atoms with Gasteiger partial charge in [-0.15, -0.1) is 0 Å². The van der Waals surface area contributed by atoms with E-state index in [2.05, 4.69) is 32.5 Å². The van der Waals surface area contributed by atoms with Crippen molar-refractivity contribution in [2.75, 3.05) is 18.3 Å². The van der Waals surface area contributed by atoms with Gasteiger partial charge in [-0.25, -0.2) is 14.5 Å². The molecule has 1 saturated heterocycles. The molecule has 12 nitrogen and oxygen atoms in total. The van der Waals surface area contributed by atoms with Gasteiger partial charge in [0.15, 0.2) is 11.5 Å². The molecule has 5 N–H and O–H groups in total. The van der Waals surface area contributed by atoms with Crippen molar-refractivity contribution < 1.29 is 34.0 Å². The van der Waals surface area contributed by atoms with Gasteiger partial charge in [0.1, 0.15) is 37.1 Å². The second-order valence-corrected chi connectivity index (χ2v) is 9.79. The molecule has 0 amide bonds. The number of hydrogen-bond donors (Lipinski definition) is 5. The summed E-state index contributed by atoms with van der Waals surface area (Å²) in [5.41, 5.74) is 3.37. The normalized spacial score (nSPS) is 27.2. The first kappa shape index (κ1) is 22.4. The minimum atomic E-state index is -4.35. The predicted octanol–water partition coefficient (Wildman–Crippen LogP) is 0.537. The second-order valence-electron chi connectivity index (χ2n) is 8.20. The maximum Gasteiger partial charge on any atom is 0.350 e. The van der Waals surface area contributed by atoms with Crippen molar-refractivity contribution in [3.8, 4) is 0 Å². The summed E-state index contributed by atoms with van der Waals surface area (Å²) in [4.78, 5) is 26.6. The molecule has 2 aliphatic rings. The molecule has 13 heteroatoms. The van der Waals surface area contributed by atoms with E-state index in [1.807, 2.05) is 12.1 Å². The van der Waals surface area contributed by atoms with Gasteiger partial charge in [-0.1, -0.05) is 24.3 Å². The average molecular weight is 477 g/mol. The predicted molar refractivity (Wildman–Crippen MR) is 114 cm³/mol. The molecule has 5 atom stereocenters. The van der Waals surface area contributed by atoms with Crippen LogP contribution in [0.2, 0.25) is 0 Å². The zero-order chi connectivity index (χ0) is 23.2. The number of imidazole rings is 1. The molecule has 176 valence electrons. The quantitative estimate of drug-likeness (QED) is 0.301.